The predicted octanol–water partition coefficient (Wildman–Crippen LogP) is 4.65. The molecule has 7 nitrogen and oxygen atoms in total. The van der Waals surface area contributed by atoms with Gasteiger partial charge in [0.2, 0.25) is 5.91 Å². The standard InChI is InChI=1S/C28H34N2O5/c1-3-4-13-25(26(31)30-15-18(2)14-19(16-30)27(32)33)29-28(34)35-17-24-22-11-7-5-9-20(22)21-10-6-8-12-23(21)24/h5-12,18-19,24-25H,3-4,13-17H2,1-2H3,(H,29,34)(H,32,33). The number of benzene rings is 2. The van der Waals surface area contributed by atoms with Crippen molar-refractivity contribution in [1.29, 1.82) is 0 Å². The molecule has 2 aromatic carbocycles. The van der Waals surface area contributed by atoms with E-state index in [0.29, 0.717) is 19.4 Å². The van der Waals surface area contributed by atoms with Gasteiger partial charge in [-0.25, -0.2) is 4.79 Å². The largest absolute Gasteiger partial charge is 0.481 e. The molecule has 3 unspecified atom stereocenters. The van der Waals surface area contributed by atoms with E-state index in [1.54, 1.807) is 4.90 Å². The first-order valence-electron chi connectivity index (χ1n) is 12.5. The third kappa shape index (κ3) is 5.50. The topological polar surface area (TPSA) is 95.9 Å². The van der Waals surface area contributed by atoms with Crippen LogP contribution in [0.2, 0.25) is 0 Å². The molecule has 1 aliphatic carbocycles. The number of nitrogens with one attached hydrogen (secondary N) is 1. The van der Waals surface area contributed by atoms with Crippen LogP contribution in [0.5, 0.6) is 0 Å². The molecule has 7 heteroatoms. The number of piperidine rings is 1. The van der Waals surface area contributed by atoms with E-state index < -0.39 is 24.0 Å². The summed E-state index contributed by atoms with van der Waals surface area (Å²) in [5.74, 6) is -1.66. The molecule has 1 heterocycles. The van der Waals surface area contributed by atoms with Crippen molar-refractivity contribution in [2.45, 2.75) is 51.5 Å². The summed E-state index contributed by atoms with van der Waals surface area (Å²) in [5, 5.41) is 12.2. The van der Waals surface area contributed by atoms with Gasteiger partial charge in [-0.1, -0.05) is 75.2 Å². The van der Waals surface area contributed by atoms with Crippen molar-refractivity contribution >= 4 is 18.0 Å². The van der Waals surface area contributed by atoms with Crippen LogP contribution in [-0.2, 0) is 14.3 Å². The molecular weight excluding hydrogens is 444 g/mol. The quantitative estimate of drug-likeness (QED) is 0.576. The number of rotatable bonds is 8. The minimum absolute atomic E-state index is 0.0581. The maximum atomic E-state index is 13.3. The lowest BCUT2D eigenvalue weighted by molar-refractivity contribution is -0.147. The molecule has 0 aromatic heterocycles. The third-order valence-corrected chi connectivity index (χ3v) is 7.10. The van der Waals surface area contributed by atoms with Crippen LogP contribution in [0.1, 0.15) is 56.6 Å². The highest BCUT2D eigenvalue weighted by Gasteiger charge is 2.35. The average molecular weight is 479 g/mol. The van der Waals surface area contributed by atoms with E-state index in [4.69, 9.17) is 4.74 Å². The van der Waals surface area contributed by atoms with Gasteiger partial charge in [-0.3, -0.25) is 9.59 Å². The Labute approximate surface area is 206 Å². The maximum absolute atomic E-state index is 13.3. The summed E-state index contributed by atoms with van der Waals surface area (Å²) in [6, 6.07) is 15.5. The zero-order valence-corrected chi connectivity index (χ0v) is 20.4. The van der Waals surface area contributed by atoms with Gasteiger partial charge >= 0.3 is 12.1 Å². The number of carbonyl (C=O) groups excluding carboxylic acids is 2. The molecule has 0 bridgehead atoms. The number of carboxylic acid groups (broad SMARTS) is 1. The summed E-state index contributed by atoms with van der Waals surface area (Å²) >= 11 is 0. The summed E-state index contributed by atoms with van der Waals surface area (Å²) in [7, 11) is 0. The molecule has 0 spiro atoms. The molecule has 186 valence electrons. The number of fused-ring (bicyclic) bond motifs is 3. The number of hydrogen-bond acceptors (Lipinski definition) is 4. The van der Waals surface area contributed by atoms with E-state index in [-0.39, 0.29) is 30.9 Å². The molecule has 2 N–H and O–H groups in total. The zero-order valence-electron chi connectivity index (χ0n) is 20.4. The van der Waals surface area contributed by atoms with Crippen molar-refractivity contribution in [2.75, 3.05) is 19.7 Å². The average Bonchev–Trinajstić information content (AvgIpc) is 3.18. The number of unbranched alkanes of at least 4 members (excludes halogenated alkanes) is 1. The first kappa shape index (κ1) is 24.8. The van der Waals surface area contributed by atoms with Gasteiger partial charge in [-0.05, 0) is 41.0 Å². The smallest absolute Gasteiger partial charge is 0.407 e. The summed E-state index contributed by atoms with van der Waals surface area (Å²) in [6.45, 7) is 4.83. The first-order chi connectivity index (χ1) is 16.9. The van der Waals surface area contributed by atoms with Crippen molar-refractivity contribution in [1.82, 2.24) is 10.2 Å². The Hall–Kier alpha value is -3.35. The monoisotopic (exact) mass is 478 g/mol. The Morgan fingerprint density at radius 1 is 1.06 bits per heavy atom. The Bertz CT molecular complexity index is 1040. The summed E-state index contributed by atoms with van der Waals surface area (Å²) < 4.78 is 5.65. The zero-order chi connectivity index (χ0) is 24.9. The van der Waals surface area contributed by atoms with Gasteiger partial charge in [-0.2, -0.15) is 0 Å². The number of nitrogens with zero attached hydrogens (tertiary/aromatic N) is 1. The third-order valence-electron chi connectivity index (χ3n) is 7.10. The second-order valence-electron chi connectivity index (χ2n) is 9.78. The van der Waals surface area contributed by atoms with Gasteiger partial charge in [0.05, 0.1) is 5.92 Å². The molecule has 4 rings (SSSR count). The number of carbonyl (C=O) groups is 3. The van der Waals surface area contributed by atoms with E-state index in [0.717, 1.165) is 35.1 Å². The highest BCUT2D eigenvalue weighted by molar-refractivity contribution is 5.86. The Morgan fingerprint density at radius 3 is 2.29 bits per heavy atom. The van der Waals surface area contributed by atoms with Gasteiger partial charge in [0.25, 0.3) is 0 Å². The highest BCUT2D eigenvalue weighted by Crippen LogP contribution is 2.44. The summed E-state index contributed by atoms with van der Waals surface area (Å²) in [4.78, 5) is 39.3. The van der Waals surface area contributed by atoms with Crippen LogP contribution in [0.25, 0.3) is 11.1 Å². The molecule has 1 aliphatic heterocycles. The van der Waals surface area contributed by atoms with E-state index in [9.17, 15) is 19.5 Å². The molecule has 2 amide bonds. The number of ether oxygens (including phenoxy) is 1. The summed E-state index contributed by atoms with van der Waals surface area (Å²) in [6.07, 6.45) is 2.07. The van der Waals surface area contributed by atoms with Crippen LogP contribution in [0.3, 0.4) is 0 Å². The molecule has 3 atom stereocenters. The lowest BCUT2D eigenvalue weighted by Crippen LogP contribution is -2.53. The van der Waals surface area contributed by atoms with Crippen LogP contribution < -0.4 is 5.32 Å². The second-order valence-corrected chi connectivity index (χ2v) is 9.78. The van der Waals surface area contributed by atoms with Crippen molar-refractivity contribution < 1.29 is 24.2 Å². The number of amides is 2. The number of alkyl carbamates (subject to hydrolysis) is 1. The lowest BCUT2D eigenvalue weighted by atomic mass is 9.90. The predicted molar refractivity (Wildman–Crippen MR) is 133 cm³/mol. The van der Waals surface area contributed by atoms with Crippen LogP contribution in [0.4, 0.5) is 4.79 Å². The molecule has 0 saturated carbocycles. The molecule has 2 aromatic rings. The maximum Gasteiger partial charge on any atom is 0.407 e. The SMILES string of the molecule is CCCCC(NC(=O)OCC1c2ccccc2-c2ccccc21)C(=O)N1CC(C)CC(C(=O)O)C1. The fraction of sp³-hybridized carbons (Fsp3) is 0.464. The molecule has 1 saturated heterocycles. The molecule has 1 fully saturated rings. The minimum atomic E-state index is -0.885. The van der Waals surface area contributed by atoms with Crippen molar-refractivity contribution in [2.24, 2.45) is 11.8 Å². The fourth-order valence-corrected chi connectivity index (χ4v) is 5.38. The first-order valence-corrected chi connectivity index (χ1v) is 12.5. The van der Waals surface area contributed by atoms with Gasteiger partial charge < -0.3 is 20.1 Å². The number of hydrogen-bond donors (Lipinski definition) is 2. The van der Waals surface area contributed by atoms with E-state index in [2.05, 4.69) is 29.6 Å². The number of likely N-dealkylation sites (tertiary alicyclic amines) is 1. The Balaban J connectivity index is 1.42. The van der Waals surface area contributed by atoms with E-state index >= 15 is 0 Å². The number of aliphatic carboxylic acids is 1. The van der Waals surface area contributed by atoms with Crippen molar-refractivity contribution in [3.8, 4) is 11.1 Å². The Kier molecular flexibility index (Phi) is 7.73. The van der Waals surface area contributed by atoms with E-state index in [1.165, 1.54) is 0 Å². The van der Waals surface area contributed by atoms with E-state index in [1.807, 2.05) is 38.1 Å². The van der Waals surface area contributed by atoms with Crippen LogP contribution in [0, 0.1) is 11.8 Å². The van der Waals surface area contributed by atoms with Gasteiger partial charge in [-0.15, -0.1) is 0 Å². The second kappa shape index (κ2) is 10.9. The van der Waals surface area contributed by atoms with Crippen LogP contribution in [-0.4, -0.2) is 53.7 Å². The summed E-state index contributed by atoms with van der Waals surface area (Å²) in [5.41, 5.74) is 4.56. The van der Waals surface area contributed by atoms with Gasteiger partial charge in [0, 0.05) is 19.0 Å². The van der Waals surface area contributed by atoms with Crippen molar-refractivity contribution in [3.05, 3.63) is 59.7 Å². The Morgan fingerprint density at radius 2 is 1.69 bits per heavy atom. The highest BCUT2D eigenvalue weighted by atomic mass is 16.5. The van der Waals surface area contributed by atoms with Crippen LogP contribution in [0.15, 0.2) is 48.5 Å². The molecule has 35 heavy (non-hydrogen) atoms. The molecular formula is C28H34N2O5. The minimum Gasteiger partial charge on any atom is -0.481 e. The fourth-order valence-electron chi connectivity index (χ4n) is 5.38. The van der Waals surface area contributed by atoms with Gasteiger partial charge in [0.1, 0.15) is 12.6 Å². The van der Waals surface area contributed by atoms with Crippen LogP contribution >= 0.6 is 0 Å². The molecule has 2 aliphatic rings. The van der Waals surface area contributed by atoms with Crippen molar-refractivity contribution in [3.63, 3.8) is 0 Å². The molecule has 0 radical (unpaired) electrons. The number of carboxylic acids is 1. The van der Waals surface area contributed by atoms with Gasteiger partial charge in [0.15, 0.2) is 0 Å². The lowest BCUT2D eigenvalue weighted by Gasteiger charge is -2.36. The normalized spacial score (nSPS) is 20.0.